The summed E-state index contributed by atoms with van der Waals surface area (Å²) >= 11 is 0. The Morgan fingerprint density at radius 2 is 2.11 bits per heavy atom. The number of aromatic nitrogens is 2. The highest BCUT2D eigenvalue weighted by atomic mass is 15.1. The Balaban J connectivity index is 1.75. The van der Waals surface area contributed by atoms with Crippen LogP contribution in [0.1, 0.15) is 31.5 Å². The Labute approximate surface area is 110 Å². The summed E-state index contributed by atoms with van der Waals surface area (Å²) in [7, 11) is 6.41. The summed E-state index contributed by atoms with van der Waals surface area (Å²) < 4.78 is 2.12. The summed E-state index contributed by atoms with van der Waals surface area (Å²) in [6.07, 6.45) is 10.2. The third kappa shape index (κ3) is 3.33. The number of likely N-dealkylation sites (N-methyl/N-ethyl adjacent to an activating group) is 1. The molecule has 4 nitrogen and oxygen atoms in total. The lowest BCUT2D eigenvalue weighted by Gasteiger charge is -2.34. The van der Waals surface area contributed by atoms with Crippen LogP contribution in [0, 0.1) is 0 Å². The Kier molecular flexibility index (Phi) is 4.78. The summed E-state index contributed by atoms with van der Waals surface area (Å²) in [4.78, 5) is 6.90. The van der Waals surface area contributed by atoms with Crippen LogP contribution in [-0.2, 0) is 13.5 Å². The van der Waals surface area contributed by atoms with Crippen molar-refractivity contribution in [3.8, 4) is 0 Å². The molecule has 18 heavy (non-hydrogen) atoms. The maximum Gasteiger partial charge on any atom is 0.109 e. The van der Waals surface area contributed by atoms with Crippen molar-refractivity contribution in [3.63, 3.8) is 0 Å². The molecule has 1 saturated carbocycles. The van der Waals surface area contributed by atoms with Gasteiger partial charge in [-0.1, -0.05) is 0 Å². The molecule has 0 radical (unpaired) electrons. The van der Waals surface area contributed by atoms with Crippen LogP contribution in [0.15, 0.2) is 12.4 Å². The van der Waals surface area contributed by atoms with Gasteiger partial charge in [0.15, 0.2) is 0 Å². The van der Waals surface area contributed by atoms with Crippen molar-refractivity contribution in [2.45, 2.75) is 44.2 Å². The van der Waals surface area contributed by atoms with Crippen LogP contribution in [0.2, 0.25) is 0 Å². The molecule has 0 bridgehead atoms. The molecule has 0 aromatic carbocycles. The van der Waals surface area contributed by atoms with Crippen LogP contribution >= 0.6 is 0 Å². The fraction of sp³-hybridized carbons (Fsp3) is 0.786. The molecule has 2 rings (SSSR count). The summed E-state index contributed by atoms with van der Waals surface area (Å²) in [5.74, 6) is 1.19. The van der Waals surface area contributed by atoms with Gasteiger partial charge in [0.2, 0.25) is 0 Å². The van der Waals surface area contributed by atoms with Gasteiger partial charge in [-0.15, -0.1) is 0 Å². The molecule has 0 atom stereocenters. The molecule has 1 aromatic rings. The first-order valence-corrected chi connectivity index (χ1v) is 7.04. The molecule has 1 aliphatic carbocycles. The van der Waals surface area contributed by atoms with Gasteiger partial charge in [0.05, 0.1) is 0 Å². The van der Waals surface area contributed by atoms with Gasteiger partial charge in [0.1, 0.15) is 5.82 Å². The van der Waals surface area contributed by atoms with Gasteiger partial charge in [-0.05, 0) is 39.8 Å². The first kappa shape index (κ1) is 13.6. The molecular weight excluding hydrogens is 224 g/mol. The molecule has 1 heterocycles. The Morgan fingerprint density at radius 3 is 2.67 bits per heavy atom. The molecule has 1 aliphatic rings. The number of imidazole rings is 1. The third-order valence-corrected chi connectivity index (χ3v) is 4.34. The van der Waals surface area contributed by atoms with Gasteiger partial charge in [-0.25, -0.2) is 4.98 Å². The van der Waals surface area contributed by atoms with E-state index in [1.54, 1.807) is 0 Å². The molecule has 0 amide bonds. The molecule has 0 aliphatic heterocycles. The van der Waals surface area contributed by atoms with Crippen LogP contribution < -0.4 is 5.32 Å². The second-order valence-electron chi connectivity index (χ2n) is 5.48. The van der Waals surface area contributed by atoms with Crippen molar-refractivity contribution in [1.82, 2.24) is 19.8 Å². The molecule has 0 spiro atoms. The Morgan fingerprint density at radius 1 is 1.39 bits per heavy atom. The van der Waals surface area contributed by atoms with Gasteiger partial charge in [0, 0.05) is 44.5 Å². The number of hydrogen-bond acceptors (Lipinski definition) is 3. The van der Waals surface area contributed by atoms with E-state index in [2.05, 4.69) is 40.9 Å². The predicted octanol–water partition coefficient (Wildman–Crippen LogP) is 1.42. The SMILES string of the molecule is CNC1CCC(N(C)CCc2nccn2C)CC1. The summed E-state index contributed by atoms with van der Waals surface area (Å²) in [6.45, 7) is 1.11. The second kappa shape index (κ2) is 6.34. The monoisotopic (exact) mass is 250 g/mol. The van der Waals surface area contributed by atoms with Gasteiger partial charge >= 0.3 is 0 Å². The number of nitrogens with zero attached hydrogens (tertiary/aromatic N) is 3. The molecule has 102 valence electrons. The van der Waals surface area contributed by atoms with E-state index in [1.807, 2.05) is 12.4 Å². The topological polar surface area (TPSA) is 33.1 Å². The van der Waals surface area contributed by atoms with Crippen molar-refractivity contribution >= 4 is 0 Å². The fourth-order valence-electron chi connectivity index (χ4n) is 2.90. The smallest absolute Gasteiger partial charge is 0.109 e. The number of hydrogen-bond donors (Lipinski definition) is 1. The standard InChI is InChI=1S/C14H26N4/c1-15-12-4-6-13(7-5-12)17(2)10-8-14-16-9-11-18(14)3/h9,11-13,15H,4-8,10H2,1-3H3. The molecular formula is C14H26N4. The lowest BCUT2D eigenvalue weighted by molar-refractivity contribution is 0.177. The van der Waals surface area contributed by atoms with Crippen LogP contribution in [0.25, 0.3) is 0 Å². The van der Waals surface area contributed by atoms with Crippen molar-refractivity contribution in [2.75, 3.05) is 20.6 Å². The first-order valence-electron chi connectivity index (χ1n) is 7.04. The Hall–Kier alpha value is -0.870. The van der Waals surface area contributed by atoms with E-state index in [9.17, 15) is 0 Å². The highest BCUT2D eigenvalue weighted by molar-refractivity contribution is 4.92. The predicted molar refractivity (Wildman–Crippen MR) is 74.6 cm³/mol. The van der Waals surface area contributed by atoms with Crippen molar-refractivity contribution < 1.29 is 0 Å². The minimum absolute atomic E-state index is 0.740. The van der Waals surface area contributed by atoms with E-state index in [4.69, 9.17) is 0 Å². The lowest BCUT2D eigenvalue weighted by Crippen LogP contribution is -2.40. The highest BCUT2D eigenvalue weighted by Crippen LogP contribution is 2.22. The van der Waals surface area contributed by atoms with Crippen molar-refractivity contribution in [2.24, 2.45) is 7.05 Å². The highest BCUT2D eigenvalue weighted by Gasteiger charge is 2.22. The normalized spacial score (nSPS) is 24.7. The maximum absolute atomic E-state index is 4.38. The molecule has 0 saturated heterocycles. The summed E-state index contributed by atoms with van der Waals surface area (Å²) in [5.41, 5.74) is 0. The number of rotatable bonds is 5. The van der Waals surface area contributed by atoms with Crippen LogP contribution in [0.3, 0.4) is 0 Å². The van der Waals surface area contributed by atoms with E-state index in [1.165, 1.54) is 31.5 Å². The van der Waals surface area contributed by atoms with E-state index >= 15 is 0 Å². The van der Waals surface area contributed by atoms with Gasteiger partial charge in [-0.3, -0.25) is 0 Å². The molecule has 1 fully saturated rings. The number of aryl methyl sites for hydroxylation is 1. The second-order valence-corrected chi connectivity index (χ2v) is 5.48. The zero-order chi connectivity index (χ0) is 13.0. The largest absolute Gasteiger partial charge is 0.338 e. The average Bonchev–Trinajstić information content (AvgIpc) is 2.81. The zero-order valence-electron chi connectivity index (χ0n) is 11.9. The van der Waals surface area contributed by atoms with Crippen molar-refractivity contribution in [1.29, 1.82) is 0 Å². The third-order valence-electron chi connectivity index (χ3n) is 4.34. The van der Waals surface area contributed by atoms with Gasteiger partial charge < -0.3 is 14.8 Å². The van der Waals surface area contributed by atoms with E-state index < -0.39 is 0 Å². The summed E-state index contributed by atoms with van der Waals surface area (Å²) in [6, 6.07) is 1.50. The average molecular weight is 250 g/mol. The van der Waals surface area contributed by atoms with Crippen LogP contribution in [0.4, 0.5) is 0 Å². The quantitative estimate of drug-likeness (QED) is 0.858. The molecule has 0 unspecified atom stereocenters. The fourth-order valence-corrected chi connectivity index (χ4v) is 2.90. The van der Waals surface area contributed by atoms with Crippen molar-refractivity contribution in [3.05, 3.63) is 18.2 Å². The summed E-state index contributed by atoms with van der Waals surface area (Å²) in [5, 5.41) is 3.39. The van der Waals surface area contributed by atoms with Crippen LogP contribution in [-0.4, -0.2) is 47.2 Å². The zero-order valence-corrected chi connectivity index (χ0v) is 11.9. The number of nitrogens with one attached hydrogen (secondary N) is 1. The maximum atomic E-state index is 4.38. The molecule has 1 N–H and O–H groups in total. The minimum Gasteiger partial charge on any atom is -0.338 e. The lowest BCUT2D eigenvalue weighted by atomic mass is 9.90. The Bertz CT molecular complexity index is 352. The first-order chi connectivity index (χ1) is 8.70. The minimum atomic E-state index is 0.740. The van der Waals surface area contributed by atoms with Gasteiger partial charge in [-0.2, -0.15) is 0 Å². The van der Waals surface area contributed by atoms with E-state index in [0.717, 1.165) is 25.0 Å². The van der Waals surface area contributed by atoms with Crippen LogP contribution in [0.5, 0.6) is 0 Å². The molecule has 4 heteroatoms. The van der Waals surface area contributed by atoms with E-state index in [0.29, 0.717) is 0 Å². The van der Waals surface area contributed by atoms with Gasteiger partial charge in [0.25, 0.3) is 0 Å². The molecule has 1 aromatic heterocycles. The van der Waals surface area contributed by atoms with E-state index in [-0.39, 0.29) is 0 Å².